The molecule has 0 saturated heterocycles. The second kappa shape index (κ2) is 4.21. The molecule has 0 atom stereocenters. The van der Waals surface area contributed by atoms with Gasteiger partial charge in [0.1, 0.15) is 0 Å². The Hall–Kier alpha value is -0.0500. The zero-order chi connectivity index (χ0) is 10.0. The van der Waals surface area contributed by atoms with E-state index in [1.807, 2.05) is 0 Å². The van der Waals surface area contributed by atoms with Crippen LogP contribution in [-0.2, 0) is 4.79 Å². The Morgan fingerprint density at radius 1 is 1.43 bits per heavy atom. The number of hydrogen-bond acceptors (Lipinski definition) is 1. The van der Waals surface area contributed by atoms with Crippen molar-refractivity contribution < 1.29 is 4.79 Å². The fraction of sp³-hybridized carbons (Fsp3) is 0.909. The zero-order valence-electron chi connectivity index (χ0n) is 8.52. The minimum atomic E-state index is 0.266. The monoisotopic (exact) mass is 259 g/mol. The van der Waals surface area contributed by atoms with Gasteiger partial charge in [-0.3, -0.25) is 4.79 Å². The molecule has 1 N–H and O–H groups in total. The molecule has 14 heavy (non-hydrogen) atoms. The molecule has 1 amide bonds. The summed E-state index contributed by atoms with van der Waals surface area (Å²) in [5, 5.41) is 4.10. The normalized spacial score (nSPS) is 24.1. The lowest BCUT2D eigenvalue weighted by Crippen LogP contribution is -2.33. The van der Waals surface area contributed by atoms with Crippen LogP contribution < -0.4 is 5.32 Å². The van der Waals surface area contributed by atoms with E-state index in [9.17, 15) is 4.79 Å². The van der Waals surface area contributed by atoms with Crippen LogP contribution in [0.1, 0.15) is 38.5 Å². The average molecular weight is 260 g/mol. The number of hydrogen-bond donors (Lipinski definition) is 1. The number of halogens is 1. The van der Waals surface area contributed by atoms with Gasteiger partial charge in [0.15, 0.2) is 0 Å². The fourth-order valence-electron chi connectivity index (χ4n) is 1.85. The van der Waals surface area contributed by atoms with Crippen molar-refractivity contribution >= 4 is 21.8 Å². The van der Waals surface area contributed by atoms with Gasteiger partial charge in [0, 0.05) is 18.3 Å². The third-order valence-electron chi connectivity index (χ3n) is 3.60. The van der Waals surface area contributed by atoms with Crippen LogP contribution in [0.2, 0.25) is 0 Å². The molecule has 3 heteroatoms. The van der Waals surface area contributed by atoms with Crippen LogP contribution in [0, 0.1) is 11.3 Å². The van der Waals surface area contributed by atoms with E-state index in [0.717, 1.165) is 18.3 Å². The fourth-order valence-corrected chi connectivity index (χ4v) is 2.61. The number of carbonyl (C=O) groups is 1. The molecule has 2 rings (SSSR count). The van der Waals surface area contributed by atoms with Crippen LogP contribution >= 0.6 is 15.9 Å². The van der Waals surface area contributed by atoms with Crippen molar-refractivity contribution in [2.75, 3.05) is 11.9 Å². The molecule has 2 fully saturated rings. The summed E-state index contributed by atoms with van der Waals surface area (Å²) in [6, 6.07) is 0. The first-order valence-electron chi connectivity index (χ1n) is 5.57. The molecule has 2 aliphatic carbocycles. The number of nitrogens with one attached hydrogen (secondary N) is 1. The molecule has 2 saturated carbocycles. The second-order valence-corrected chi connectivity index (χ2v) is 5.47. The predicted octanol–water partition coefficient (Wildman–Crippen LogP) is 2.47. The molecule has 0 unspecified atom stereocenters. The molecule has 0 radical (unpaired) electrons. The minimum Gasteiger partial charge on any atom is -0.356 e. The molecule has 0 aromatic heterocycles. The van der Waals surface area contributed by atoms with Gasteiger partial charge < -0.3 is 5.32 Å². The van der Waals surface area contributed by atoms with E-state index in [1.54, 1.807) is 0 Å². The summed E-state index contributed by atoms with van der Waals surface area (Å²) in [6.45, 7) is 0.879. The zero-order valence-corrected chi connectivity index (χ0v) is 10.1. The second-order valence-electron chi connectivity index (χ2n) is 4.91. The molecule has 0 aromatic rings. The Balaban J connectivity index is 1.62. The highest BCUT2D eigenvalue weighted by atomic mass is 79.9. The molecule has 80 valence electrons. The van der Waals surface area contributed by atoms with Gasteiger partial charge in [-0.05, 0) is 37.0 Å². The maximum Gasteiger partial charge on any atom is 0.220 e. The molecule has 0 spiro atoms. The number of amides is 1. The SMILES string of the molecule is O=C(CC1CCC1)NCC1(CBr)CC1. The molecular weight excluding hydrogens is 242 g/mol. The Morgan fingerprint density at radius 3 is 2.57 bits per heavy atom. The van der Waals surface area contributed by atoms with Crippen LogP contribution in [0.3, 0.4) is 0 Å². The molecule has 0 bridgehead atoms. The highest BCUT2D eigenvalue weighted by molar-refractivity contribution is 9.09. The Kier molecular flexibility index (Phi) is 3.15. The lowest BCUT2D eigenvalue weighted by atomic mass is 9.83. The Labute approximate surface area is 94.0 Å². The van der Waals surface area contributed by atoms with Crippen molar-refractivity contribution in [3.05, 3.63) is 0 Å². The Morgan fingerprint density at radius 2 is 2.14 bits per heavy atom. The summed E-state index contributed by atoms with van der Waals surface area (Å²) in [5.74, 6) is 0.955. The van der Waals surface area contributed by atoms with Crippen LogP contribution in [0.5, 0.6) is 0 Å². The smallest absolute Gasteiger partial charge is 0.220 e. The third-order valence-corrected chi connectivity index (χ3v) is 4.79. The molecule has 0 heterocycles. The van der Waals surface area contributed by atoms with Crippen molar-refractivity contribution in [2.45, 2.75) is 38.5 Å². The summed E-state index contributed by atoms with van der Waals surface area (Å²) in [6.07, 6.45) is 7.14. The van der Waals surface area contributed by atoms with E-state index >= 15 is 0 Å². The number of alkyl halides is 1. The van der Waals surface area contributed by atoms with E-state index in [0.29, 0.717) is 11.3 Å². The van der Waals surface area contributed by atoms with E-state index < -0.39 is 0 Å². The van der Waals surface area contributed by atoms with Gasteiger partial charge >= 0.3 is 0 Å². The summed E-state index contributed by atoms with van der Waals surface area (Å²) in [7, 11) is 0. The standard InChI is InChI=1S/C11H18BrNO/c12-7-11(4-5-11)8-13-10(14)6-9-2-1-3-9/h9H,1-8H2,(H,13,14). The van der Waals surface area contributed by atoms with Gasteiger partial charge in [-0.15, -0.1) is 0 Å². The molecule has 2 nitrogen and oxygen atoms in total. The minimum absolute atomic E-state index is 0.266. The lowest BCUT2D eigenvalue weighted by molar-refractivity contribution is -0.122. The quantitative estimate of drug-likeness (QED) is 0.756. The van der Waals surface area contributed by atoms with Crippen LogP contribution in [0.25, 0.3) is 0 Å². The van der Waals surface area contributed by atoms with Gasteiger partial charge in [0.05, 0.1) is 0 Å². The van der Waals surface area contributed by atoms with Gasteiger partial charge in [-0.25, -0.2) is 0 Å². The highest BCUT2D eigenvalue weighted by Gasteiger charge is 2.41. The maximum absolute atomic E-state index is 11.5. The van der Waals surface area contributed by atoms with Crippen molar-refractivity contribution in [1.29, 1.82) is 0 Å². The molecular formula is C11H18BrNO. The Bertz CT molecular complexity index is 221. The number of carbonyl (C=O) groups excluding carboxylic acids is 1. The number of rotatable bonds is 5. The van der Waals surface area contributed by atoms with E-state index in [-0.39, 0.29) is 5.91 Å². The topological polar surface area (TPSA) is 29.1 Å². The maximum atomic E-state index is 11.5. The van der Waals surface area contributed by atoms with Gasteiger partial charge in [-0.2, -0.15) is 0 Å². The summed E-state index contributed by atoms with van der Waals surface area (Å²) >= 11 is 3.51. The first kappa shape index (κ1) is 10.5. The molecule has 2 aliphatic rings. The summed E-state index contributed by atoms with van der Waals surface area (Å²) < 4.78 is 0. The summed E-state index contributed by atoms with van der Waals surface area (Å²) in [4.78, 5) is 11.5. The largest absolute Gasteiger partial charge is 0.356 e. The highest BCUT2D eigenvalue weighted by Crippen LogP contribution is 2.46. The van der Waals surface area contributed by atoms with Crippen molar-refractivity contribution in [3.63, 3.8) is 0 Å². The molecule has 0 aliphatic heterocycles. The van der Waals surface area contributed by atoms with Crippen molar-refractivity contribution in [1.82, 2.24) is 5.32 Å². The summed E-state index contributed by atoms with van der Waals surface area (Å²) in [5.41, 5.74) is 0.412. The predicted molar refractivity (Wildman–Crippen MR) is 60.4 cm³/mol. The first-order chi connectivity index (χ1) is 6.74. The van der Waals surface area contributed by atoms with Gasteiger partial charge in [-0.1, -0.05) is 22.4 Å². The van der Waals surface area contributed by atoms with E-state index in [2.05, 4.69) is 21.2 Å². The van der Waals surface area contributed by atoms with E-state index in [1.165, 1.54) is 32.1 Å². The first-order valence-corrected chi connectivity index (χ1v) is 6.69. The van der Waals surface area contributed by atoms with Gasteiger partial charge in [0.25, 0.3) is 0 Å². The van der Waals surface area contributed by atoms with Crippen molar-refractivity contribution in [2.24, 2.45) is 11.3 Å². The van der Waals surface area contributed by atoms with Crippen LogP contribution in [0.15, 0.2) is 0 Å². The lowest BCUT2D eigenvalue weighted by Gasteiger charge is -2.24. The van der Waals surface area contributed by atoms with Gasteiger partial charge in [0.2, 0.25) is 5.91 Å². The van der Waals surface area contributed by atoms with E-state index in [4.69, 9.17) is 0 Å². The van der Waals surface area contributed by atoms with Crippen LogP contribution in [-0.4, -0.2) is 17.8 Å². The van der Waals surface area contributed by atoms with Crippen LogP contribution in [0.4, 0.5) is 0 Å². The third kappa shape index (κ3) is 2.50. The molecule has 0 aromatic carbocycles. The average Bonchev–Trinajstić information content (AvgIpc) is 2.89. The van der Waals surface area contributed by atoms with Crippen molar-refractivity contribution in [3.8, 4) is 0 Å².